The largest absolute Gasteiger partial charge is 0.350 e. The van der Waals surface area contributed by atoms with Crippen molar-refractivity contribution in [3.05, 3.63) is 99.9 Å². The average molecular weight is 438 g/mol. The van der Waals surface area contributed by atoms with Crippen molar-refractivity contribution in [2.45, 2.75) is 24.4 Å². The number of halogens is 1. The number of hydrogen-bond donors (Lipinski definition) is 0. The number of rotatable bonds is 4. The molecule has 1 aliphatic heterocycles. The van der Waals surface area contributed by atoms with E-state index in [9.17, 15) is 17.6 Å². The molecule has 0 saturated carbocycles. The van der Waals surface area contributed by atoms with Crippen LogP contribution in [0.5, 0.6) is 0 Å². The number of fused-ring (bicyclic) bond motifs is 2. The minimum absolute atomic E-state index is 0.0443. The molecule has 0 radical (unpaired) electrons. The summed E-state index contributed by atoms with van der Waals surface area (Å²) in [5, 5.41) is 4.26. The zero-order valence-electron chi connectivity index (χ0n) is 16.5. The lowest BCUT2D eigenvalue weighted by Crippen LogP contribution is -2.36. The second-order valence-corrected chi connectivity index (χ2v) is 9.45. The normalized spacial score (nSPS) is 14.6. The first-order valence-corrected chi connectivity index (χ1v) is 11.3. The molecule has 5 rings (SSSR count). The molecule has 9 heteroatoms. The van der Waals surface area contributed by atoms with Crippen LogP contribution in [0.25, 0.3) is 5.65 Å². The van der Waals surface area contributed by atoms with Gasteiger partial charge in [-0.3, -0.25) is 0 Å². The molecule has 0 aliphatic carbocycles. The van der Waals surface area contributed by atoms with Gasteiger partial charge in [0.15, 0.2) is 5.65 Å². The second kappa shape index (κ2) is 7.44. The monoisotopic (exact) mass is 438 g/mol. The van der Waals surface area contributed by atoms with Crippen LogP contribution in [0, 0.1) is 5.82 Å². The molecule has 0 spiro atoms. The molecule has 158 valence electrons. The molecule has 0 bridgehead atoms. The fourth-order valence-corrected chi connectivity index (χ4v) is 5.26. The Labute approximate surface area is 178 Å². The van der Waals surface area contributed by atoms with Gasteiger partial charge in [0.2, 0.25) is 10.0 Å². The smallest absolute Gasteiger partial charge is 0.249 e. The molecule has 1 aliphatic rings. The van der Waals surface area contributed by atoms with E-state index in [-0.39, 0.29) is 17.3 Å². The molecule has 7 nitrogen and oxygen atoms in total. The fraction of sp³-hybridized carbons (Fsp3) is 0.182. The third kappa shape index (κ3) is 3.55. The van der Waals surface area contributed by atoms with Gasteiger partial charge in [0.25, 0.3) is 0 Å². The molecular weight excluding hydrogens is 419 g/mol. The van der Waals surface area contributed by atoms with Crippen LogP contribution in [-0.4, -0.2) is 33.4 Å². The molecule has 0 saturated heterocycles. The quantitative estimate of drug-likeness (QED) is 0.490. The number of benzene rings is 2. The molecule has 0 amide bonds. The molecule has 0 N–H and O–H groups in total. The van der Waals surface area contributed by atoms with Crippen LogP contribution in [-0.2, 0) is 29.5 Å². The van der Waals surface area contributed by atoms with Gasteiger partial charge in [-0.15, -0.1) is 5.10 Å². The summed E-state index contributed by atoms with van der Waals surface area (Å²) in [5.74, 6) is -0.360. The summed E-state index contributed by atoms with van der Waals surface area (Å²) in [6.45, 7) is 0.844. The maximum absolute atomic E-state index is 13.2. The van der Waals surface area contributed by atoms with Gasteiger partial charge in [-0.1, -0.05) is 36.4 Å². The van der Waals surface area contributed by atoms with Crippen LogP contribution < -0.4 is 5.69 Å². The summed E-state index contributed by atoms with van der Waals surface area (Å²) in [4.78, 5) is 12.8. The van der Waals surface area contributed by atoms with Crippen LogP contribution in [0.1, 0.15) is 16.7 Å². The van der Waals surface area contributed by atoms with E-state index in [1.807, 2.05) is 24.3 Å². The summed E-state index contributed by atoms with van der Waals surface area (Å²) in [6, 6.07) is 16.6. The van der Waals surface area contributed by atoms with Crippen molar-refractivity contribution >= 4 is 15.7 Å². The Hall–Kier alpha value is -3.30. The average Bonchev–Trinajstić information content (AvgIpc) is 3.09. The first kappa shape index (κ1) is 19.7. The molecule has 0 fully saturated rings. The summed E-state index contributed by atoms with van der Waals surface area (Å²) >= 11 is 0. The van der Waals surface area contributed by atoms with Gasteiger partial charge < -0.3 is 0 Å². The Bertz CT molecular complexity index is 1440. The summed E-state index contributed by atoms with van der Waals surface area (Å²) in [7, 11) is -3.77. The molecule has 4 aromatic rings. The molecule has 2 aromatic carbocycles. The topological polar surface area (TPSA) is 76.7 Å². The molecule has 0 atom stereocenters. The van der Waals surface area contributed by atoms with E-state index in [1.54, 1.807) is 12.1 Å². The highest BCUT2D eigenvalue weighted by Gasteiger charge is 2.28. The molecule has 2 aromatic heterocycles. The number of pyridine rings is 1. The van der Waals surface area contributed by atoms with Crippen LogP contribution in [0.2, 0.25) is 0 Å². The van der Waals surface area contributed by atoms with Crippen molar-refractivity contribution in [3.63, 3.8) is 0 Å². The van der Waals surface area contributed by atoms with Crippen molar-refractivity contribution in [1.82, 2.24) is 18.5 Å². The highest BCUT2D eigenvalue weighted by molar-refractivity contribution is 7.89. The third-order valence-corrected chi connectivity index (χ3v) is 7.36. The van der Waals surface area contributed by atoms with E-state index < -0.39 is 15.7 Å². The highest BCUT2D eigenvalue weighted by Crippen LogP contribution is 2.24. The number of aromatic nitrogens is 3. The standard InChI is InChI=1S/C22H19FN4O3S/c23-19-7-5-16(6-8-19)13-27-22(28)26-15-20(9-10-21(26)24-27)31(29,30)25-12-11-17-3-1-2-4-18(17)14-25/h1-10,15H,11-14H2. The predicted octanol–water partition coefficient (Wildman–Crippen LogP) is 2.43. The van der Waals surface area contributed by atoms with Crippen molar-refractivity contribution < 1.29 is 12.8 Å². The van der Waals surface area contributed by atoms with Crippen molar-refractivity contribution in [1.29, 1.82) is 0 Å². The lowest BCUT2D eigenvalue weighted by molar-refractivity contribution is 0.391. The maximum Gasteiger partial charge on any atom is 0.350 e. The van der Waals surface area contributed by atoms with Gasteiger partial charge in [-0.05, 0) is 47.4 Å². The Kier molecular flexibility index (Phi) is 4.71. The Morgan fingerprint density at radius 2 is 1.71 bits per heavy atom. The Morgan fingerprint density at radius 1 is 0.968 bits per heavy atom. The molecule has 0 unspecified atom stereocenters. The lowest BCUT2D eigenvalue weighted by atomic mass is 10.0. The predicted molar refractivity (Wildman–Crippen MR) is 113 cm³/mol. The molecule has 31 heavy (non-hydrogen) atoms. The number of sulfonamides is 1. The second-order valence-electron chi connectivity index (χ2n) is 7.52. The SMILES string of the molecule is O=c1n(Cc2ccc(F)cc2)nc2ccc(S(=O)(=O)N3CCc4ccccc4C3)cn12. The minimum atomic E-state index is -3.77. The van der Waals surface area contributed by atoms with Gasteiger partial charge >= 0.3 is 5.69 Å². The molecule has 3 heterocycles. The van der Waals surface area contributed by atoms with Crippen LogP contribution in [0.3, 0.4) is 0 Å². The summed E-state index contributed by atoms with van der Waals surface area (Å²) in [6.07, 6.45) is 1.97. The Balaban J connectivity index is 1.47. The van der Waals surface area contributed by atoms with Crippen LogP contribution in [0.15, 0.2) is 76.6 Å². The van der Waals surface area contributed by atoms with Crippen molar-refractivity contribution in [3.8, 4) is 0 Å². The van der Waals surface area contributed by atoms with E-state index >= 15 is 0 Å². The first-order chi connectivity index (χ1) is 14.9. The van der Waals surface area contributed by atoms with Crippen LogP contribution >= 0.6 is 0 Å². The van der Waals surface area contributed by atoms with Gasteiger partial charge in [0.05, 0.1) is 11.4 Å². The van der Waals surface area contributed by atoms with Crippen molar-refractivity contribution in [2.24, 2.45) is 0 Å². The Morgan fingerprint density at radius 3 is 2.48 bits per heavy atom. The zero-order chi connectivity index (χ0) is 21.6. The first-order valence-electron chi connectivity index (χ1n) is 9.82. The van der Waals surface area contributed by atoms with E-state index in [0.29, 0.717) is 30.7 Å². The number of hydrogen-bond acceptors (Lipinski definition) is 4. The van der Waals surface area contributed by atoms with E-state index in [2.05, 4.69) is 5.10 Å². The number of nitrogens with zero attached hydrogens (tertiary/aromatic N) is 4. The van der Waals surface area contributed by atoms with Gasteiger partial charge in [0.1, 0.15) is 5.82 Å². The van der Waals surface area contributed by atoms with Gasteiger partial charge in [0, 0.05) is 19.3 Å². The van der Waals surface area contributed by atoms with Gasteiger partial charge in [-0.2, -0.15) is 4.31 Å². The third-order valence-electron chi connectivity index (χ3n) is 5.53. The van der Waals surface area contributed by atoms with E-state index in [4.69, 9.17) is 0 Å². The zero-order valence-corrected chi connectivity index (χ0v) is 17.3. The fourth-order valence-electron chi connectivity index (χ4n) is 3.84. The maximum atomic E-state index is 13.2. The van der Waals surface area contributed by atoms with Crippen molar-refractivity contribution in [2.75, 3.05) is 6.54 Å². The van der Waals surface area contributed by atoms with Crippen LogP contribution in [0.4, 0.5) is 4.39 Å². The van der Waals surface area contributed by atoms with E-state index in [0.717, 1.165) is 11.1 Å². The van der Waals surface area contributed by atoms with E-state index in [1.165, 1.54) is 43.9 Å². The molecular formula is C22H19FN4O3S. The lowest BCUT2D eigenvalue weighted by Gasteiger charge is -2.28. The highest BCUT2D eigenvalue weighted by atomic mass is 32.2. The minimum Gasteiger partial charge on any atom is -0.249 e. The summed E-state index contributed by atoms with van der Waals surface area (Å²) in [5.41, 5.74) is 2.74. The van der Waals surface area contributed by atoms with Gasteiger partial charge in [-0.25, -0.2) is 26.7 Å². The summed E-state index contributed by atoms with van der Waals surface area (Å²) < 4.78 is 43.5.